The first-order valence-electron chi connectivity index (χ1n) is 7.30. The van der Waals surface area contributed by atoms with E-state index in [0.29, 0.717) is 24.6 Å². The smallest absolute Gasteiger partial charge is 0.327 e. The zero-order valence-corrected chi connectivity index (χ0v) is 12.9. The molecule has 1 saturated carbocycles. The van der Waals surface area contributed by atoms with Gasteiger partial charge in [-0.2, -0.15) is 0 Å². The largest absolute Gasteiger partial charge is 0.465 e. The number of ketones is 1. The Balaban J connectivity index is 1.95. The van der Waals surface area contributed by atoms with Crippen molar-refractivity contribution in [2.75, 3.05) is 13.2 Å². The van der Waals surface area contributed by atoms with E-state index in [0.717, 1.165) is 18.4 Å². The Hall–Kier alpha value is -1.39. The van der Waals surface area contributed by atoms with Crippen LogP contribution in [0.1, 0.15) is 37.8 Å². The summed E-state index contributed by atoms with van der Waals surface area (Å²) in [7, 11) is 0. The number of halogens is 1. The SMILES string of the molecule is CCOC(=O)C(NCCC(=O)C1CC1)c1ccc(Cl)cc1. The van der Waals surface area contributed by atoms with E-state index < -0.39 is 6.04 Å². The van der Waals surface area contributed by atoms with Crippen LogP contribution in [0, 0.1) is 5.92 Å². The van der Waals surface area contributed by atoms with Crippen molar-refractivity contribution in [2.24, 2.45) is 5.92 Å². The molecule has 1 aromatic rings. The fraction of sp³-hybridized carbons (Fsp3) is 0.500. The maximum Gasteiger partial charge on any atom is 0.327 e. The second-order valence-corrected chi connectivity index (χ2v) is 5.62. The van der Waals surface area contributed by atoms with Crippen LogP contribution in [0.15, 0.2) is 24.3 Å². The molecule has 0 radical (unpaired) electrons. The summed E-state index contributed by atoms with van der Waals surface area (Å²) in [6.07, 6.45) is 2.48. The first-order chi connectivity index (χ1) is 10.1. The zero-order chi connectivity index (χ0) is 15.2. The van der Waals surface area contributed by atoms with Gasteiger partial charge in [0.15, 0.2) is 0 Å². The van der Waals surface area contributed by atoms with Gasteiger partial charge in [0.2, 0.25) is 0 Å². The van der Waals surface area contributed by atoms with Crippen molar-refractivity contribution in [3.8, 4) is 0 Å². The number of Topliss-reactive ketones (excluding diaryl/α,β-unsaturated/α-hetero) is 1. The minimum absolute atomic E-state index is 0.253. The summed E-state index contributed by atoms with van der Waals surface area (Å²) in [6, 6.07) is 6.49. The van der Waals surface area contributed by atoms with Crippen LogP contribution in [0.5, 0.6) is 0 Å². The summed E-state index contributed by atoms with van der Waals surface area (Å²) >= 11 is 5.86. The molecule has 1 fully saturated rings. The number of benzene rings is 1. The third-order valence-corrected chi connectivity index (χ3v) is 3.73. The van der Waals surface area contributed by atoms with Crippen molar-refractivity contribution in [3.63, 3.8) is 0 Å². The van der Waals surface area contributed by atoms with Crippen LogP contribution < -0.4 is 5.32 Å². The van der Waals surface area contributed by atoms with E-state index in [1.807, 2.05) is 0 Å². The molecule has 0 saturated heterocycles. The van der Waals surface area contributed by atoms with E-state index in [1.165, 1.54) is 0 Å². The highest BCUT2D eigenvalue weighted by Crippen LogP contribution is 2.30. The third-order valence-electron chi connectivity index (χ3n) is 3.48. The minimum atomic E-state index is -0.561. The molecule has 4 nitrogen and oxygen atoms in total. The summed E-state index contributed by atoms with van der Waals surface area (Å²) in [5.41, 5.74) is 0.789. The Morgan fingerprint density at radius 3 is 2.57 bits per heavy atom. The molecular formula is C16H20ClNO3. The molecule has 1 atom stereocenters. The lowest BCUT2D eigenvalue weighted by Crippen LogP contribution is -2.32. The summed E-state index contributed by atoms with van der Waals surface area (Å²) < 4.78 is 5.09. The molecule has 5 heteroatoms. The van der Waals surface area contributed by atoms with E-state index in [2.05, 4.69) is 5.32 Å². The standard InChI is InChI=1S/C16H20ClNO3/c1-2-21-16(20)15(12-5-7-13(17)8-6-12)18-10-9-14(19)11-3-4-11/h5-8,11,15,18H,2-4,9-10H2,1H3. The van der Waals surface area contributed by atoms with Gasteiger partial charge in [-0.25, -0.2) is 4.79 Å². The van der Waals surface area contributed by atoms with E-state index in [1.54, 1.807) is 31.2 Å². The molecule has 1 aliphatic carbocycles. The number of hydrogen-bond acceptors (Lipinski definition) is 4. The Morgan fingerprint density at radius 2 is 2.00 bits per heavy atom. The molecule has 1 aromatic carbocycles. The predicted octanol–water partition coefficient (Wildman–Crippen LogP) is 2.90. The second kappa shape index (κ2) is 7.57. The molecule has 0 heterocycles. The van der Waals surface area contributed by atoms with Gasteiger partial charge >= 0.3 is 5.97 Å². The Labute approximate surface area is 129 Å². The van der Waals surface area contributed by atoms with E-state index in [9.17, 15) is 9.59 Å². The molecule has 0 aromatic heterocycles. The lowest BCUT2D eigenvalue weighted by atomic mass is 10.1. The van der Waals surface area contributed by atoms with Gasteiger partial charge in [0.25, 0.3) is 0 Å². The Morgan fingerprint density at radius 1 is 1.33 bits per heavy atom. The van der Waals surface area contributed by atoms with Crippen LogP contribution in [-0.2, 0) is 14.3 Å². The van der Waals surface area contributed by atoms with Crippen molar-refractivity contribution in [3.05, 3.63) is 34.9 Å². The maximum absolute atomic E-state index is 12.0. The highest BCUT2D eigenvalue weighted by molar-refractivity contribution is 6.30. The summed E-state index contributed by atoms with van der Waals surface area (Å²) in [5, 5.41) is 3.73. The maximum atomic E-state index is 12.0. The number of rotatable bonds is 8. The highest BCUT2D eigenvalue weighted by atomic mass is 35.5. The molecule has 0 spiro atoms. The number of carbonyl (C=O) groups is 2. The van der Waals surface area contributed by atoms with E-state index in [4.69, 9.17) is 16.3 Å². The van der Waals surface area contributed by atoms with Gasteiger partial charge in [-0.05, 0) is 37.5 Å². The van der Waals surface area contributed by atoms with Gasteiger partial charge in [0.05, 0.1) is 6.61 Å². The first-order valence-corrected chi connectivity index (χ1v) is 7.67. The molecule has 0 bridgehead atoms. The molecular weight excluding hydrogens is 290 g/mol. The van der Waals surface area contributed by atoms with Crippen LogP contribution >= 0.6 is 11.6 Å². The number of ether oxygens (including phenoxy) is 1. The quantitative estimate of drug-likeness (QED) is 0.750. The number of nitrogens with one attached hydrogen (secondary N) is 1. The number of hydrogen-bond donors (Lipinski definition) is 1. The molecule has 1 aliphatic rings. The van der Waals surface area contributed by atoms with Gasteiger partial charge in [0, 0.05) is 23.9 Å². The molecule has 1 unspecified atom stereocenters. The van der Waals surface area contributed by atoms with Crippen molar-refractivity contribution in [1.29, 1.82) is 0 Å². The van der Waals surface area contributed by atoms with Gasteiger partial charge in [-0.1, -0.05) is 23.7 Å². The molecule has 2 rings (SSSR count). The fourth-order valence-corrected chi connectivity index (χ4v) is 2.29. The van der Waals surface area contributed by atoms with Crippen LogP contribution in [0.4, 0.5) is 0 Å². The van der Waals surface area contributed by atoms with E-state index in [-0.39, 0.29) is 17.7 Å². The molecule has 0 amide bonds. The van der Waals surface area contributed by atoms with Crippen molar-refractivity contribution >= 4 is 23.4 Å². The summed E-state index contributed by atoms with van der Waals surface area (Å²) in [5.74, 6) is 0.197. The highest BCUT2D eigenvalue weighted by Gasteiger charge is 2.29. The van der Waals surface area contributed by atoms with Crippen molar-refractivity contribution in [1.82, 2.24) is 5.32 Å². The minimum Gasteiger partial charge on any atom is -0.465 e. The van der Waals surface area contributed by atoms with Crippen LogP contribution in [0.2, 0.25) is 5.02 Å². The molecule has 0 aliphatic heterocycles. The molecule has 1 N–H and O–H groups in total. The predicted molar refractivity (Wildman–Crippen MR) is 81.2 cm³/mol. The normalized spacial score (nSPS) is 15.5. The second-order valence-electron chi connectivity index (χ2n) is 5.18. The lowest BCUT2D eigenvalue weighted by molar-refractivity contribution is -0.146. The summed E-state index contributed by atoms with van der Waals surface area (Å²) in [4.78, 5) is 23.7. The monoisotopic (exact) mass is 309 g/mol. The number of esters is 1. The zero-order valence-electron chi connectivity index (χ0n) is 12.1. The van der Waals surface area contributed by atoms with Gasteiger partial charge in [0.1, 0.15) is 11.8 Å². The summed E-state index contributed by atoms with van der Waals surface area (Å²) in [6.45, 7) is 2.57. The fourth-order valence-electron chi connectivity index (χ4n) is 2.17. The van der Waals surface area contributed by atoms with Gasteiger partial charge in [-0.3, -0.25) is 4.79 Å². The average molecular weight is 310 g/mol. The van der Waals surface area contributed by atoms with Crippen LogP contribution in [0.25, 0.3) is 0 Å². The lowest BCUT2D eigenvalue weighted by Gasteiger charge is -2.17. The van der Waals surface area contributed by atoms with Gasteiger partial charge in [-0.15, -0.1) is 0 Å². The Kier molecular flexibility index (Phi) is 5.76. The Bertz CT molecular complexity index is 497. The first kappa shape index (κ1) is 16.0. The topological polar surface area (TPSA) is 55.4 Å². The molecule has 114 valence electrons. The third kappa shape index (κ3) is 4.83. The number of carbonyl (C=O) groups excluding carboxylic acids is 2. The van der Waals surface area contributed by atoms with E-state index >= 15 is 0 Å². The van der Waals surface area contributed by atoms with Gasteiger partial charge < -0.3 is 10.1 Å². The van der Waals surface area contributed by atoms with Crippen LogP contribution in [0.3, 0.4) is 0 Å². The molecule has 21 heavy (non-hydrogen) atoms. The van der Waals surface area contributed by atoms with Crippen LogP contribution in [-0.4, -0.2) is 24.9 Å². The van der Waals surface area contributed by atoms with Crippen molar-refractivity contribution in [2.45, 2.75) is 32.2 Å². The van der Waals surface area contributed by atoms with Crippen molar-refractivity contribution < 1.29 is 14.3 Å². The average Bonchev–Trinajstić information content (AvgIpc) is 3.29.